The monoisotopic (exact) mass is 320 g/mol. The highest BCUT2D eigenvalue weighted by molar-refractivity contribution is 5.79. The molecule has 5 heteroatoms. The summed E-state index contributed by atoms with van der Waals surface area (Å²) >= 11 is 0. The number of aromatic nitrogens is 1. The highest BCUT2D eigenvalue weighted by Crippen LogP contribution is 2.28. The van der Waals surface area contributed by atoms with Gasteiger partial charge in [-0.2, -0.15) is 0 Å². The molecule has 1 aliphatic rings. The molecule has 3 atom stereocenters. The standard InChI is InChI=1S/C18H28N2O3/c1-3-4-10-20(13-14-6-5-9-19-12-14)18(22)15-7-8-16(21)17(11-15)23-2/h5-6,9,12,15-17,21H,3-4,7-8,10-11,13H2,1-2H3/t15-,16+,17-/m1/s1. The van der Waals surface area contributed by atoms with Crippen LogP contribution in [-0.2, 0) is 16.1 Å². The van der Waals surface area contributed by atoms with E-state index in [-0.39, 0.29) is 17.9 Å². The van der Waals surface area contributed by atoms with E-state index >= 15 is 0 Å². The van der Waals surface area contributed by atoms with Crippen LogP contribution in [-0.4, -0.2) is 46.8 Å². The summed E-state index contributed by atoms with van der Waals surface area (Å²) in [6.07, 6.45) is 6.89. The number of aliphatic hydroxyl groups excluding tert-OH is 1. The van der Waals surface area contributed by atoms with E-state index in [4.69, 9.17) is 4.74 Å². The highest BCUT2D eigenvalue weighted by Gasteiger charge is 2.34. The number of hydrogen-bond donors (Lipinski definition) is 1. The largest absolute Gasteiger partial charge is 0.390 e. The normalized spacial score (nSPS) is 24.4. The number of rotatable bonds is 7. The second-order valence-electron chi connectivity index (χ2n) is 6.33. The van der Waals surface area contributed by atoms with Gasteiger partial charge in [-0.05, 0) is 37.3 Å². The molecule has 1 aliphatic carbocycles. The van der Waals surface area contributed by atoms with Crippen molar-refractivity contribution in [1.82, 2.24) is 9.88 Å². The lowest BCUT2D eigenvalue weighted by Crippen LogP contribution is -2.43. The first-order chi connectivity index (χ1) is 11.2. The van der Waals surface area contributed by atoms with Crippen molar-refractivity contribution in [3.63, 3.8) is 0 Å². The van der Waals surface area contributed by atoms with E-state index in [1.54, 1.807) is 13.3 Å². The number of pyridine rings is 1. The van der Waals surface area contributed by atoms with Gasteiger partial charge in [-0.1, -0.05) is 19.4 Å². The van der Waals surface area contributed by atoms with Crippen molar-refractivity contribution < 1.29 is 14.6 Å². The number of methoxy groups -OCH3 is 1. The topological polar surface area (TPSA) is 62.7 Å². The van der Waals surface area contributed by atoms with Crippen molar-refractivity contribution >= 4 is 5.91 Å². The smallest absolute Gasteiger partial charge is 0.226 e. The number of unbranched alkanes of at least 4 members (excludes halogenated alkanes) is 1. The molecule has 23 heavy (non-hydrogen) atoms. The van der Waals surface area contributed by atoms with Crippen molar-refractivity contribution in [1.29, 1.82) is 0 Å². The zero-order valence-electron chi connectivity index (χ0n) is 14.1. The number of amides is 1. The Morgan fingerprint density at radius 2 is 2.30 bits per heavy atom. The molecule has 0 aromatic carbocycles. The van der Waals surface area contributed by atoms with Crippen LogP contribution >= 0.6 is 0 Å². The predicted molar refractivity (Wildman–Crippen MR) is 88.7 cm³/mol. The summed E-state index contributed by atoms with van der Waals surface area (Å²) in [6, 6.07) is 3.90. The Balaban J connectivity index is 2.03. The van der Waals surface area contributed by atoms with E-state index in [1.807, 2.05) is 23.2 Å². The summed E-state index contributed by atoms with van der Waals surface area (Å²) in [4.78, 5) is 19.0. The molecule has 1 fully saturated rings. The summed E-state index contributed by atoms with van der Waals surface area (Å²) in [5.41, 5.74) is 1.05. The zero-order valence-corrected chi connectivity index (χ0v) is 14.1. The van der Waals surface area contributed by atoms with E-state index in [2.05, 4.69) is 11.9 Å². The van der Waals surface area contributed by atoms with E-state index in [9.17, 15) is 9.90 Å². The minimum atomic E-state index is -0.452. The van der Waals surface area contributed by atoms with Crippen molar-refractivity contribution in [2.45, 2.75) is 57.8 Å². The second-order valence-corrected chi connectivity index (χ2v) is 6.33. The van der Waals surface area contributed by atoms with Gasteiger partial charge in [0.1, 0.15) is 0 Å². The van der Waals surface area contributed by atoms with Gasteiger partial charge >= 0.3 is 0 Å². The van der Waals surface area contributed by atoms with Crippen LogP contribution in [0.15, 0.2) is 24.5 Å². The number of nitrogens with zero attached hydrogens (tertiary/aromatic N) is 2. The third-order valence-corrected chi connectivity index (χ3v) is 4.60. The number of carbonyl (C=O) groups is 1. The van der Waals surface area contributed by atoms with Gasteiger partial charge in [-0.25, -0.2) is 0 Å². The highest BCUT2D eigenvalue weighted by atomic mass is 16.5. The lowest BCUT2D eigenvalue weighted by molar-refractivity contribution is -0.141. The van der Waals surface area contributed by atoms with Crippen LogP contribution in [0.25, 0.3) is 0 Å². The number of ether oxygens (including phenoxy) is 1. The maximum absolute atomic E-state index is 12.9. The van der Waals surface area contributed by atoms with Gasteiger partial charge in [0.05, 0.1) is 12.2 Å². The Morgan fingerprint density at radius 1 is 1.48 bits per heavy atom. The third kappa shape index (κ3) is 5.01. The summed E-state index contributed by atoms with van der Waals surface area (Å²) in [7, 11) is 1.60. The first kappa shape index (κ1) is 17.9. The fourth-order valence-electron chi connectivity index (χ4n) is 3.18. The molecule has 1 aromatic rings. The molecule has 0 saturated heterocycles. The second kappa shape index (κ2) is 8.99. The van der Waals surface area contributed by atoms with Crippen LogP contribution in [0, 0.1) is 5.92 Å². The first-order valence-corrected chi connectivity index (χ1v) is 8.54. The van der Waals surface area contributed by atoms with E-state index in [0.717, 1.165) is 31.4 Å². The van der Waals surface area contributed by atoms with Crippen LogP contribution in [0.2, 0.25) is 0 Å². The molecule has 1 N–H and O–H groups in total. The minimum Gasteiger partial charge on any atom is -0.390 e. The zero-order chi connectivity index (χ0) is 16.7. The fourth-order valence-corrected chi connectivity index (χ4v) is 3.18. The van der Waals surface area contributed by atoms with Crippen molar-refractivity contribution in [3.05, 3.63) is 30.1 Å². The summed E-state index contributed by atoms with van der Waals surface area (Å²) in [6.45, 7) is 3.49. The van der Waals surface area contributed by atoms with Crippen molar-refractivity contribution in [3.8, 4) is 0 Å². The molecule has 0 bridgehead atoms. The average molecular weight is 320 g/mol. The lowest BCUT2D eigenvalue weighted by atomic mass is 9.84. The number of carbonyl (C=O) groups excluding carboxylic acids is 1. The van der Waals surface area contributed by atoms with Gasteiger partial charge in [-0.15, -0.1) is 0 Å². The molecule has 0 aliphatic heterocycles. The van der Waals surface area contributed by atoms with Gasteiger partial charge in [0.25, 0.3) is 0 Å². The summed E-state index contributed by atoms with van der Waals surface area (Å²) in [5, 5.41) is 9.93. The maximum Gasteiger partial charge on any atom is 0.226 e. The molecule has 5 nitrogen and oxygen atoms in total. The molecule has 1 saturated carbocycles. The van der Waals surface area contributed by atoms with Gasteiger partial charge < -0.3 is 14.7 Å². The molecule has 1 aromatic heterocycles. The average Bonchev–Trinajstić information content (AvgIpc) is 2.59. The van der Waals surface area contributed by atoms with E-state index in [1.165, 1.54) is 0 Å². The Morgan fingerprint density at radius 3 is 2.96 bits per heavy atom. The molecule has 0 unspecified atom stereocenters. The molecule has 2 rings (SSSR count). The first-order valence-electron chi connectivity index (χ1n) is 8.54. The summed E-state index contributed by atoms with van der Waals surface area (Å²) in [5.74, 6) is 0.119. The lowest BCUT2D eigenvalue weighted by Gasteiger charge is -2.34. The molecular formula is C18H28N2O3. The van der Waals surface area contributed by atoms with Gasteiger partial charge in [0.2, 0.25) is 5.91 Å². The Bertz CT molecular complexity index is 480. The van der Waals surface area contributed by atoms with Crippen LogP contribution in [0.3, 0.4) is 0 Å². The number of hydrogen-bond acceptors (Lipinski definition) is 4. The molecule has 128 valence electrons. The van der Waals surface area contributed by atoms with Crippen molar-refractivity contribution in [2.24, 2.45) is 5.92 Å². The van der Waals surface area contributed by atoms with Crippen LogP contribution in [0.1, 0.15) is 44.6 Å². The van der Waals surface area contributed by atoms with Crippen molar-refractivity contribution in [2.75, 3.05) is 13.7 Å². The van der Waals surface area contributed by atoms with Gasteiger partial charge in [0.15, 0.2) is 0 Å². The SMILES string of the molecule is CCCCN(Cc1cccnc1)C(=O)[C@@H]1CC[C@H](O)[C@H](OC)C1. The molecule has 1 heterocycles. The molecule has 0 radical (unpaired) electrons. The fraction of sp³-hybridized carbons (Fsp3) is 0.667. The van der Waals surface area contributed by atoms with Crippen LogP contribution in [0.5, 0.6) is 0 Å². The van der Waals surface area contributed by atoms with Gasteiger partial charge in [0, 0.05) is 38.5 Å². The van der Waals surface area contributed by atoms with Gasteiger partial charge in [-0.3, -0.25) is 9.78 Å². The quantitative estimate of drug-likeness (QED) is 0.838. The number of aliphatic hydroxyl groups is 1. The maximum atomic E-state index is 12.9. The molecular weight excluding hydrogens is 292 g/mol. The molecule has 1 amide bonds. The Kier molecular flexibility index (Phi) is 6.99. The third-order valence-electron chi connectivity index (χ3n) is 4.60. The molecule has 0 spiro atoms. The van der Waals surface area contributed by atoms with Crippen LogP contribution < -0.4 is 0 Å². The Labute approximate surface area is 138 Å². The van der Waals surface area contributed by atoms with E-state index < -0.39 is 6.10 Å². The van der Waals surface area contributed by atoms with E-state index in [0.29, 0.717) is 19.4 Å². The Hall–Kier alpha value is -1.46. The minimum absolute atomic E-state index is 0.0584. The predicted octanol–water partition coefficient (Wildman–Crippen LogP) is 2.39. The van der Waals surface area contributed by atoms with Crippen LogP contribution in [0.4, 0.5) is 0 Å². The summed E-state index contributed by atoms with van der Waals surface area (Å²) < 4.78 is 5.33.